The van der Waals surface area contributed by atoms with Gasteiger partial charge in [0.05, 0.1) is 19.8 Å². The Labute approximate surface area is 130 Å². The van der Waals surface area contributed by atoms with Crippen LogP contribution in [0.15, 0.2) is 0 Å². The maximum absolute atomic E-state index is 13.8. The van der Waals surface area contributed by atoms with E-state index in [1.165, 1.54) is 0 Å². The van der Waals surface area contributed by atoms with Gasteiger partial charge in [0.15, 0.2) is 0 Å². The van der Waals surface area contributed by atoms with Crippen LogP contribution in [0.4, 0.5) is 52.7 Å². The summed E-state index contributed by atoms with van der Waals surface area (Å²) in [6.45, 7) is -2.30. The van der Waals surface area contributed by atoms with Gasteiger partial charge in [-0.15, -0.1) is 0 Å². The molecule has 0 aromatic heterocycles. The van der Waals surface area contributed by atoms with Gasteiger partial charge in [0.2, 0.25) is 6.10 Å². The van der Waals surface area contributed by atoms with Crippen molar-refractivity contribution in [3.63, 3.8) is 0 Å². The van der Waals surface area contributed by atoms with Gasteiger partial charge in [-0.2, -0.15) is 43.9 Å². The second kappa shape index (κ2) is 6.64. The van der Waals surface area contributed by atoms with Crippen LogP contribution >= 0.6 is 0 Å². The molecular formula is C10H8F12O3. The first-order chi connectivity index (χ1) is 10.9. The first-order valence-corrected chi connectivity index (χ1v) is 6.08. The molecule has 2 atom stereocenters. The Balaban J connectivity index is 3.20. The van der Waals surface area contributed by atoms with Gasteiger partial charge in [0.1, 0.15) is 6.10 Å². The molecule has 1 heterocycles. The van der Waals surface area contributed by atoms with Gasteiger partial charge in [-0.3, -0.25) is 4.74 Å². The van der Waals surface area contributed by atoms with Crippen molar-refractivity contribution in [1.29, 1.82) is 0 Å². The molecule has 25 heavy (non-hydrogen) atoms. The molecular weight excluding hydrogens is 396 g/mol. The smallest absolute Gasteiger partial charge is 0.376 e. The van der Waals surface area contributed by atoms with E-state index in [0.29, 0.717) is 0 Å². The maximum Gasteiger partial charge on any atom is 0.462 e. The molecule has 1 fully saturated rings. The Morgan fingerprint density at radius 3 is 1.68 bits per heavy atom. The highest BCUT2D eigenvalue weighted by molar-refractivity contribution is 4.95. The van der Waals surface area contributed by atoms with E-state index in [-0.39, 0.29) is 6.61 Å². The summed E-state index contributed by atoms with van der Waals surface area (Å²) in [4.78, 5) is 0. The van der Waals surface area contributed by atoms with Crippen LogP contribution in [0.1, 0.15) is 0 Å². The minimum Gasteiger partial charge on any atom is -0.376 e. The third-order valence-electron chi connectivity index (χ3n) is 2.88. The summed E-state index contributed by atoms with van der Waals surface area (Å²) in [5.74, 6) is -12.6. The fourth-order valence-electron chi connectivity index (χ4n) is 1.63. The molecule has 2 unspecified atom stereocenters. The Hall–Kier alpha value is -0.960. The molecule has 150 valence electrons. The van der Waals surface area contributed by atoms with Gasteiger partial charge in [-0.1, -0.05) is 0 Å². The molecule has 0 N–H and O–H groups in total. The van der Waals surface area contributed by atoms with Crippen molar-refractivity contribution in [3.05, 3.63) is 0 Å². The van der Waals surface area contributed by atoms with E-state index < -0.39 is 55.7 Å². The molecule has 0 amide bonds. The highest BCUT2D eigenvalue weighted by atomic mass is 19.4. The molecule has 1 aliphatic rings. The van der Waals surface area contributed by atoms with Crippen molar-refractivity contribution in [1.82, 2.24) is 0 Å². The van der Waals surface area contributed by atoms with Gasteiger partial charge in [-0.05, 0) is 0 Å². The van der Waals surface area contributed by atoms with Crippen molar-refractivity contribution < 1.29 is 66.9 Å². The lowest BCUT2D eigenvalue weighted by Crippen LogP contribution is -2.62. The summed E-state index contributed by atoms with van der Waals surface area (Å²) in [6, 6.07) is 0. The van der Waals surface area contributed by atoms with Gasteiger partial charge >= 0.3 is 30.3 Å². The van der Waals surface area contributed by atoms with Gasteiger partial charge in [0.25, 0.3) is 0 Å². The molecule has 0 saturated carbocycles. The van der Waals surface area contributed by atoms with E-state index in [4.69, 9.17) is 0 Å². The first kappa shape index (κ1) is 22.1. The van der Waals surface area contributed by atoms with E-state index in [1.54, 1.807) is 0 Å². The summed E-state index contributed by atoms with van der Waals surface area (Å²) >= 11 is 0. The third-order valence-corrected chi connectivity index (χ3v) is 2.88. The SMILES string of the molecule is FC(F)(F)C(OC(F)(F)C(F)(F)C(F)(F)F)C(F)(F)C1COCCO1. The molecule has 0 aromatic carbocycles. The lowest BCUT2D eigenvalue weighted by molar-refractivity contribution is -0.461. The lowest BCUT2D eigenvalue weighted by atomic mass is 10.1. The van der Waals surface area contributed by atoms with Crippen molar-refractivity contribution in [2.45, 2.75) is 42.5 Å². The number of hydrogen-bond acceptors (Lipinski definition) is 3. The first-order valence-electron chi connectivity index (χ1n) is 6.08. The summed E-state index contributed by atoms with van der Waals surface area (Å²) in [6.07, 6.45) is -28.3. The van der Waals surface area contributed by atoms with Crippen LogP contribution in [-0.2, 0) is 14.2 Å². The third kappa shape index (κ3) is 4.42. The van der Waals surface area contributed by atoms with Crippen molar-refractivity contribution in [2.24, 2.45) is 0 Å². The van der Waals surface area contributed by atoms with Gasteiger partial charge in [0, 0.05) is 0 Å². The fraction of sp³-hybridized carbons (Fsp3) is 1.00. The molecule has 0 aromatic rings. The maximum atomic E-state index is 13.8. The van der Waals surface area contributed by atoms with Crippen LogP contribution in [0.2, 0.25) is 0 Å². The van der Waals surface area contributed by atoms with E-state index in [1.807, 2.05) is 0 Å². The van der Waals surface area contributed by atoms with Crippen LogP contribution in [0.25, 0.3) is 0 Å². The summed E-state index contributed by atoms with van der Waals surface area (Å²) in [5, 5.41) is 0. The Kier molecular flexibility index (Phi) is 5.87. The van der Waals surface area contributed by atoms with E-state index >= 15 is 0 Å². The van der Waals surface area contributed by atoms with Crippen LogP contribution in [0.5, 0.6) is 0 Å². The molecule has 0 radical (unpaired) electrons. The largest absolute Gasteiger partial charge is 0.462 e. The average Bonchev–Trinajstić information content (AvgIpc) is 2.43. The minimum absolute atomic E-state index is 0.341. The summed E-state index contributed by atoms with van der Waals surface area (Å²) < 4.78 is 163. The standard InChI is InChI=1S/C10H8F12O3/c11-6(12,4-3-23-1-2-24-4)5(7(13,14)15)25-10(21,22)8(16,17)9(18,19)20/h4-5H,1-3H2. The highest BCUT2D eigenvalue weighted by Crippen LogP contribution is 2.50. The number of ether oxygens (including phenoxy) is 3. The zero-order chi connectivity index (χ0) is 19.9. The highest BCUT2D eigenvalue weighted by Gasteiger charge is 2.77. The van der Waals surface area contributed by atoms with E-state index in [2.05, 4.69) is 14.2 Å². The van der Waals surface area contributed by atoms with Gasteiger partial charge in [-0.25, -0.2) is 8.78 Å². The summed E-state index contributed by atoms with van der Waals surface area (Å²) in [7, 11) is 0. The van der Waals surface area contributed by atoms with Crippen molar-refractivity contribution in [3.8, 4) is 0 Å². The van der Waals surface area contributed by atoms with Crippen LogP contribution < -0.4 is 0 Å². The van der Waals surface area contributed by atoms with Crippen LogP contribution in [-0.4, -0.2) is 62.3 Å². The zero-order valence-corrected chi connectivity index (χ0v) is 11.5. The topological polar surface area (TPSA) is 27.7 Å². The Morgan fingerprint density at radius 2 is 1.32 bits per heavy atom. The number of alkyl halides is 12. The molecule has 15 heteroatoms. The fourth-order valence-corrected chi connectivity index (χ4v) is 1.63. The molecule has 0 spiro atoms. The normalized spacial score (nSPS) is 22.8. The van der Waals surface area contributed by atoms with E-state index in [0.717, 1.165) is 0 Å². The van der Waals surface area contributed by atoms with Crippen molar-refractivity contribution in [2.75, 3.05) is 19.8 Å². The lowest BCUT2D eigenvalue weighted by Gasteiger charge is -2.38. The molecule has 0 bridgehead atoms. The molecule has 1 saturated heterocycles. The minimum atomic E-state index is -7.16. The summed E-state index contributed by atoms with van der Waals surface area (Å²) in [5.41, 5.74) is 0. The average molecular weight is 404 g/mol. The monoisotopic (exact) mass is 404 g/mol. The second-order valence-corrected chi connectivity index (χ2v) is 4.74. The zero-order valence-electron chi connectivity index (χ0n) is 11.5. The van der Waals surface area contributed by atoms with Crippen molar-refractivity contribution >= 4 is 0 Å². The molecule has 3 nitrogen and oxygen atoms in total. The Bertz CT molecular complexity index is 451. The van der Waals surface area contributed by atoms with Gasteiger partial charge < -0.3 is 9.47 Å². The second-order valence-electron chi connectivity index (χ2n) is 4.74. The Morgan fingerprint density at radius 1 is 0.800 bits per heavy atom. The molecule has 0 aliphatic carbocycles. The predicted octanol–water partition coefficient (Wildman–Crippen LogP) is 3.78. The number of rotatable bonds is 5. The molecule has 1 rings (SSSR count). The van der Waals surface area contributed by atoms with E-state index in [9.17, 15) is 52.7 Å². The van der Waals surface area contributed by atoms with Crippen LogP contribution in [0, 0.1) is 0 Å². The quantitative estimate of drug-likeness (QED) is 0.654. The number of hydrogen-bond donors (Lipinski definition) is 0. The molecule has 1 aliphatic heterocycles. The number of halogens is 12. The predicted molar refractivity (Wildman–Crippen MR) is 52.4 cm³/mol. The van der Waals surface area contributed by atoms with Crippen LogP contribution in [0.3, 0.4) is 0 Å².